The molecule has 0 aromatic heterocycles. The molecule has 1 aromatic carbocycles. The smallest absolute Gasteiger partial charge is 0.255 e. The second-order valence-electron chi connectivity index (χ2n) is 3.99. The van der Waals surface area contributed by atoms with Crippen molar-refractivity contribution < 1.29 is 17.6 Å². The molecule has 0 spiro atoms. The molecule has 0 radical (unpaired) electrons. The Bertz CT molecular complexity index is 521. The maximum absolute atomic E-state index is 13.3. The first-order valence-corrected chi connectivity index (χ1v) is 5.28. The summed E-state index contributed by atoms with van der Waals surface area (Å²) < 4.78 is 51.4. The normalized spacial score (nSPS) is 15.9. The van der Waals surface area contributed by atoms with Gasteiger partial charge in [0.05, 0.1) is 17.1 Å². The zero-order valence-electron chi connectivity index (χ0n) is 9.50. The lowest BCUT2D eigenvalue weighted by Crippen LogP contribution is -2.37. The van der Waals surface area contributed by atoms with Crippen molar-refractivity contribution in [3.8, 4) is 0 Å². The van der Waals surface area contributed by atoms with Gasteiger partial charge in [0.2, 0.25) is 0 Å². The third-order valence-electron chi connectivity index (χ3n) is 2.53. The Hall–Kier alpha value is -1.72. The van der Waals surface area contributed by atoms with Crippen LogP contribution < -0.4 is 0 Å². The molecule has 0 saturated carbocycles. The molecule has 1 aromatic rings. The number of benzene rings is 1. The van der Waals surface area contributed by atoms with Crippen molar-refractivity contribution in [3.63, 3.8) is 0 Å². The van der Waals surface area contributed by atoms with Gasteiger partial charge in [0, 0.05) is 12.1 Å². The second kappa shape index (κ2) is 4.51. The van der Waals surface area contributed by atoms with Crippen LogP contribution in [0.2, 0.25) is 0 Å². The van der Waals surface area contributed by atoms with Gasteiger partial charge < -0.3 is 0 Å². The Morgan fingerprint density at radius 1 is 1.11 bits per heavy atom. The molecule has 1 heterocycles. The highest BCUT2D eigenvalue weighted by Crippen LogP contribution is 2.35. The van der Waals surface area contributed by atoms with Gasteiger partial charge in [0.15, 0.2) is 0 Å². The minimum absolute atomic E-state index is 0.185. The number of alkyl halides is 4. The number of hydrogen-bond acceptors (Lipinski definition) is 2. The Morgan fingerprint density at radius 2 is 1.67 bits per heavy atom. The van der Waals surface area contributed by atoms with Gasteiger partial charge in [-0.2, -0.15) is 8.78 Å². The van der Waals surface area contributed by atoms with Crippen LogP contribution in [-0.2, 0) is 0 Å². The van der Waals surface area contributed by atoms with Crippen LogP contribution in [0, 0.1) is 0 Å². The number of fused-ring (bicyclic) bond motifs is 1. The van der Waals surface area contributed by atoms with Gasteiger partial charge in [-0.05, 0) is 19.1 Å². The lowest BCUT2D eigenvalue weighted by atomic mass is 10.1. The average molecular weight is 258 g/mol. The van der Waals surface area contributed by atoms with E-state index in [2.05, 4.69) is 9.98 Å². The van der Waals surface area contributed by atoms with E-state index in [1.165, 1.54) is 13.0 Å². The molecule has 6 heteroatoms. The Labute approximate surface area is 101 Å². The van der Waals surface area contributed by atoms with E-state index in [1.54, 1.807) is 18.2 Å². The number of para-hydroxylation sites is 2. The summed E-state index contributed by atoms with van der Waals surface area (Å²) in [7, 11) is 0. The summed E-state index contributed by atoms with van der Waals surface area (Å²) in [5.74, 6) is -4.23. The van der Waals surface area contributed by atoms with Crippen molar-refractivity contribution in [2.24, 2.45) is 9.98 Å². The van der Waals surface area contributed by atoms with Crippen LogP contribution in [0.15, 0.2) is 34.3 Å². The van der Waals surface area contributed by atoms with E-state index in [1.807, 2.05) is 0 Å². The van der Waals surface area contributed by atoms with Crippen LogP contribution >= 0.6 is 0 Å². The number of nitrogens with zero attached hydrogens (tertiary/aromatic N) is 2. The summed E-state index contributed by atoms with van der Waals surface area (Å²) in [5, 5.41) is 0. The third kappa shape index (κ3) is 2.27. The molecule has 0 aliphatic carbocycles. The standard InChI is InChI=1S/C12H10F4N2/c1-7-6-10(12(15,16)11(13)14)18-9-5-3-2-4-8(9)17-7/h2-5,11H,6H2,1H3. The van der Waals surface area contributed by atoms with Gasteiger partial charge in [0.1, 0.15) is 0 Å². The van der Waals surface area contributed by atoms with E-state index in [0.717, 1.165) is 0 Å². The minimum Gasteiger partial charge on any atom is -0.255 e. The second-order valence-corrected chi connectivity index (χ2v) is 3.99. The van der Waals surface area contributed by atoms with Gasteiger partial charge in [-0.1, -0.05) is 12.1 Å². The molecule has 0 atom stereocenters. The molecule has 0 unspecified atom stereocenters. The minimum atomic E-state index is -4.23. The molecule has 2 nitrogen and oxygen atoms in total. The van der Waals surface area contributed by atoms with Crippen LogP contribution in [0.4, 0.5) is 28.9 Å². The molecule has 0 N–H and O–H groups in total. The lowest BCUT2D eigenvalue weighted by molar-refractivity contribution is -0.0756. The first kappa shape index (κ1) is 12.7. The molecular weight excluding hydrogens is 248 g/mol. The van der Waals surface area contributed by atoms with E-state index < -0.39 is 18.1 Å². The topological polar surface area (TPSA) is 24.7 Å². The van der Waals surface area contributed by atoms with E-state index in [-0.39, 0.29) is 12.1 Å². The molecular formula is C12H10F4N2. The number of hydrogen-bond donors (Lipinski definition) is 0. The van der Waals surface area contributed by atoms with Gasteiger partial charge >= 0.3 is 12.3 Å². The van der Waals surface area contributed by atoms with Crippen molar-refractivity contribution in [2.75, 3.05) is 0 Å². The van der Waals surface area contributed by atoms with Crippen LogP contribution in [-0.4, -0.2) is 23.8 Å². The molecule has 2 rings (SSSR count). The predicted molar refractivity (Wildman–Crippen MR) is 61.9 cm³/mol. The van der Waals surface area contributed by atoms with Crippen molar-refractivity contribution in [2.45, 2.75) is 25.7 Å². The fourth-order valence-corrected chi connectivity index (χ4v) is 1.64. The number of rotatable bonds is 2. The van der Waals surface area contributed by atoms with Gasteiger partial charge in [0.25, 0.3) is 0 Å². The quantitative estimate of drug-likeness (QED) is 0.712. The van der Waals surface area contributed by atoms with Gasteiger partial charge in [-0.15, -0.1) is 0 Å². The highest BCUT2D eigenvalue weighted by molar-refractivity contribution is 6.10. The van der Waals surface area contributed by atoms with Crippen LogP contribution in [0.1, 0.15) is 13.3 Å². The zero-order valence-corrected chi connectivity index (χ0v) is 9.50. The Balaban J connectivity index is 2.53. The summed E-state index contributed by atoms with van der Waals surface area (Å²) in [4.78, 5) is 7.74. The molecule has 1 aliphatic rings. The van der Waals surface area contributed by atoms with Gasteiger partial charge in [-0.25, -0.2) is 13.8 Å². The number of aliphatic imine (C=N–C) groups is 2. The maximum Gasteiger partial charge on any atom is 0.345 e. The monoisotopic (exact) mass is 258 g/mol. The summed E-state index contributed by atoms with van der Waals surface area (Å²) >= 11 is 0. The molecule has 1 aliphatic heterocycles. The Morgan fingerprint density at radius 3 is 2.22 bits per heavy atom. The van der Waals surface area contributed by atoms with Crippen molar-refractivity contribution in [3.05, 3.63) is 24.3 Å². The van der Waals surface area contributed by atoms with Crippen LogP contribution in [0.5, 0.6) is 0 Å². The summed E-state index contributed by atoms with van der Waals surface area (Å²) in [6.07, 6.45) is -4.12. The molecule has 18 heavy (non-hydrogen) atoms. The summed E-state index contributed by atoms with van der Waals surface area (Å²) in [5.41, 5.74) is 0.0856. The highest BCUT2D eigenvalue weighted by atomic mass is 19.3. The highest BCUT2D eigenvalue weighted by Gasteiger charge is 2.46. The SMILES string of the molecule is CC1=Nc2ccccc2N=C(C(F)(F)C(F)F)C1. The van der Waals surface area contributed by atoms with E-state index in [9.17, 15) is 17.6 Å². The maximum atomic E-state index is 13.3. The summed E-state index contributed by atoms with van der Waals surface area (Å²) in [6, 6.07) is 6.35. The van der Waals surface area contributed by atoms with Crippen LogP contribution in [0.25, 0.3) is 0 Å². The van der Waals surface area contributed by atoms with Crippen molar-refractivity contribution in [1.82, 2.24) is 0 Å². The van der Waals surface area contributed by atoms with E-state index >= 15 is 0 Å². The molecule has 0 fully saturated rings. The van der Waals surface area contributed by atoms with E-state index in [4.69, 9.17) is 0 Å². The fraction of sp³-hybridized carbons (Fsp3) is 0.333. The molecule has 0 amide bonds. The van der Waals surface area contributed by atoms with E-state index in [0.29, 0.717) is 11.4 Å². The Kier molecular flexibility index (Phi) is 3.19. The zero-order chi connectivity index (χ0) is 13.3. The number of halogens is 4. The van der Waals surface area contributed by atoms with Crippen molar-refractivity contribution >= 4 is 22.8 Å². The fourth-order valence-electron chi connectivity index (χ4n) is 1.64. The first-order chi connectivity index (χ1) is 8.41. The molecule has 96 valence electrons. The van der Waals surface area contributed by atoms with Crippen LogP contribution in [0.3, 0.4) is 0 Å². The van der Waals surface area contributed by atoms with Gasteiger partial charge in [-0.3, -0.25) is 4.99 Å². The summed E-state index contributed by atoms with van der Waals surface area (Å²) in [6.45, 7) is 1.51. The molecule has 0 bridgehead atoms. The predicted octanol–water partition coefficient (Wildman–Crippen LogP) is 4.16. The third-order valence-corrected chi connectivity index (χ3v) is 2.53. The van der Waals surface area contributed by atoms with Crippen molar-refractivity contribution in [1.29, 1.82) is 0 Å². The molecule has 0 saturated heterocycles. The first-order valence-electron chi connectivity index (χ1n) is 5.28. The largest absolute Gasteiger partial charge is 0.345 e. The average Bonchev–Trinajstić information content (AvgIpc) is 2.46. The lowest BCUT2D eigenvalue weighted by Gasteiger charge is -2.16.